The van der Waals surface area contributed by atoms with Gasteiger partial charge in [-0.2, -0.15) is 0 Å². The van der Waals surface area contributed by atoms with Crippen LogP contribution < -0.4 is 10.2 Å². The van der Waals surface area contributed by atoms with Gasteiger partial charge in [0.05, 0.1) is 21.8 Å². The van der Waals surface area contributed by atoms with E-state index in [1.807, 2.05) is 4.90 Å². The first-order chi connectivity index (χ1) is 12.0. The van der Waals surface area contributed by atoms with Crippen molar-refractivity contribution in [2.24, 2.45) is 0 Å². The molecule has 138 valence electrons. The van der Waals surface area contributed by atoms with Crippen LogP contribution in [-0.2, 0) is 4.79 Å². The molecular formula is C17H25Cl2N5O. The minimum atomic E-state index is -0.115. The molecule has 2 aliphatic rings. The predicted octanol–water partition coefficient (Wildman–Crippen LogP) is 1.72. The van der Waals surface area contributed by atoms with E-state index < -0.39 is 0 Å². The number of anilines is 1. The summed E-state index contributed by atoms with van der Waals surface area (Å²) < 4.78 is 0. The van der Waals surface area contributed by atoms with Gasteiger partial charge in [-0.3, -0.25) is 14.7 Å². The molecule has 2 fully saturated rings. The summed E-state index contributed by atoms with van der Waals surface area (Å²) in [5.74, 6) is 0.192. The monoisotopic (exact) mass is 385 g/mol. The normalized spacial score (nSPS) is 22.5. The van der Waals surface area contributed by atoms with E-state index in [1.54, 1.807) is 12.4 Å². The van der Waals surface area contributed by atoms with Crippen molar-refractivity contribution < 1.29 is 4.79 Å². The zero-order valence-electron chi connectivity index (χ0n) is 14.7. The molecule has 6 nitrogen and oxygen atoms in total. The SMILES string of the molecule is CC(C)N1CCN[C@@H](C(=O)N2CCN(c3c(Cl)cncc3Cl)CC2)C1. The van der Waals surface area contributed by atoms with Crippen molar-refractivity contribution in [3.63, 3.8) is 0 Å². The van der Waals surface area contributed by atoms with Gasteiger partial charge in [-0.25, -0.2) is 0 Å². The maximum Gasteiger partial charge on any atom is 0.241 e. The number of hydrogen-bond donors (Lipinski definition) is 1. The van der Waals surface area contributed by atoms with E-state index in [-0.39, 0.29) is 11.9 Å². The molecule has 1 amide bonds. The van der Waals surface area contributed by atoms with Crippen LogP contribution in [0.1, 0.15) is 13.8 Å². The standard InChI is InChI=1S/C17H25Cl2N5O/c1-12(2)24-4-3-21-15(11-24)17(25)23-7-5-22(6-8-23)16-13(18)9-20-10-14(16)19/h9-10,12,15,21H,3-8,11H2,1-2H3/t15-/m1/s1. The average molecular weight is 386 g/mol. The van der Waals surface area contributed by atoms with Crippen LogP contribution in [0.25, 0.3) is 0 Å². The molecule has 0 unspecified atom stereocenters. The van der Waals surface area contributed by atoms with Crippen LogP contribution in [0, 0.1) is 0 Å². The summed E-state index contributed by atoms with van der Waals surface area (Å²) in [6.45, 7) is 9.76. The Bertz CT molecular complexity index is 599. The molecule has 1 aromatic rings. The maximum absolute atomic E-state index is 12.9. The Balaban J connectivity index is 1.59. The van der Waals surface area contributed by atoms with Crippen molar-refractivity contribution in [2.45, 2.75) is 25.9 Å². The Morgan fingerprint density at radius 1 is 1.16 bits per heavy atom. The summed E-state index contributed by atoms with van der Waals surface area (Å²) in [5, 5.41) is 4.46. The lowest BCUT2D eigenvalue weighted by atomic mass is 10.1. The van der Waals surface area contributed by atoms with E-state index in [4.69, 9.17) is 23.2 Å². The van der Waals surface area contributed by atoms with Gasteiger partial charge in [0.25, 0.3) is 0 Å². The van der Waals surface area contributed by atoms with Crippen molar-refractivity contribution >= 4 is 34.8 Å². The number of carbonyl (C=O) groups is 1. The van der Waals surface area contributed by atoms with Gasteiger partial charge in [0.2, 0.25) is 5.91 Å². The highest BCUT2D eigenvalue weighted by atomic mass is 35.5. The van der Waals surface area contributed by atoms with Crippen molar-refractivity contribution in [2.75, 3.05) is 50.7 Å². The van der Waals surface area contributed by atoms with E-state index in [1.165, 1.54) is 0 Å². The third-order valence-electron chi connectivity index (χ3n) is 4.97. The van der Waals surface area contributed by atoms with Crippen LogP contribution >= 0.6 is 23.2 Å². The Kier molecular flexibility index (Phi) is 6.04. The van der Waals surface area contributed by atoms with Gasteiger partial charge in [-0.1, -0.05) is 23.2 Å². The number of rotatable bonds is 3. The van der Waals surface area contributed by atoms with Crippen LogP contribution in [0.5, 0.6) is 0 Å². The average Bonchev–Trinajstić information content (AvgIpc) is 2.61. The molecule has 2 aliphatic heterocycles. The van der Waals surface area contributed by atoms with E-state index in [0.717, 1.165) is 38.4 Å². The van der Waals surface area contributed by atoms with Gasteiger partial charge in [-0.15, -0.1) is 0 Å². The number of amides is 1. The topological polar surface area (TPSA) is 51.7 Å². The van der Waals surface area contributed by atoms with Crippen LogP contribution in [0.4, 0.5) is 5.69 Å². The first kappa shape index (κ1) is 18.7. The number of pyridine rings is 1. The molecular weight excluding hydrogens is 361 g/mol. The van der Waals surface area contributed by atoms with Crippen LogP contribution in [0.15, 0.2) is 12.4 Å². The molecule has 0 radical (unpaired) electrons. The third-order valence-corrected chi connectivity index (χ3v) is 5.52. The van der Waals surface area contributed by atoms with Gasteiger partial charge in [-0.05, 0) is 13.8 Å². The molecule has 1 N–H and O–H groups in total. The van der Waals surface area contributed by atoms with Gasteiger partial charge in [0.1, 0.15) is 0 Å². The van der Waals surface area contributed by atoms with Crippen molar-refractivity contribution in [3.8, 4) is 0 Å². The fourth-order valence-corrected chi connectivity index (χ4v) is 4.09. The molecule has 1 aromatic heterocycles. The number of aromatic nitrogens is 1. The summed E-state index contributed by atoms with van der Waals surface area (Å²) in [7, 11) is 0. The van der Waals surface area contributed by atoms with E-state index in [9.17, 15) is 4.79 Å². The largest absolute Gasteiger partial charge is 0.365 e. The summed E-state index contributed by atoms with van der Waals surface area (Å²) in [5.41, 5.74) is 0.812. The van der Waals surface area contributed by atoms with E-state index >= 15 is 0 Å². The highest BCUT2D eigenvalue weighted by Crippen LogP contribution is 2.33. The lowest BCUT2D eigenvalue weighted by Gasteiger charge is -2.41. The maximum atomic E-state index is 12.9. The van der Waals surface area contributed by atoms with Crippen LogP contribution in [0.2, 0.25) is 10.0 Å². The fourth-order valence-electron chi connectivity index (χ4n) is 3.48. The van der Waals surface area contributed by atoms with E-state index in [0.29, 0.717) is 29.2 Å². The summed E-state index contributed by atoms with van der Waals surface area (Å²) >= 11 is 12.5. The van der Waals surface area contributed by atoms with Crippen LogP contribution in [0.3, 0.4) is 0 Å². The first-order valence-electron chi connectivity index (χ1n) is 8.77. The lowest BCUT2D eigenvalue weighted by molar-refractivity contribution is -0.135. The predicted molar refractivity (Wildman–Crippen MR) is 102 cm³/mol. The molecule has 0 bridgehead atoms. The zero-order chi connectivity index (χ0) is 18.0. The molecule has 8 heteroatoms. The molecule has 0 spiro atoms. The second-order valence-corrected chi connectivity index (χ2v) is 7.67. The quantitative estimate of drug-likeness (QED) is 0.858. The molecule has 3 rings (SSSR count). The number of piperazine rings is 2. The number of hydrogen-bond acceptors (Lipinski definition) is 5. The number of halogens is 2. The van der Waals surface area contributed by atoms with Gasteiger partial charge < -0.3 is 15.1 Å². The highest BCUT2D eigenvalue weighted by molar-refractivity contribution is 6.38. The zero-order valence-corrected chi connectivity index (χ0v) is 16.2. The molecule has 0 aromatic carbocycles. The highest BCUT2D eigenvalue weighted by Gasteiger charge is 2.32. The Morgan fingerprint density at radius 3 is 2.40 bits per heavy atom. The molecule has 0 aliphatic carbocycles. The Hall–Kier alpha value is -1.08. The number of carbonyl (C=O) groups excluding carboxylic acids is 1. The second-order valence-electron chi connectivity index (χ2n) is 6.86. The molecule has 0 saturated carbocycles. The van der Waals surface area contributed by atoms with Crippen molar-refractivity contribution in [3.05, 3.63) is 22.4 Å². The van der Waals surface area contributed by atoms with Gasteiger partial charge in [0.15, 0.2) is 0 Å². The molecule has 1 atom stereocenters. The summed E-state index contributed by atoms with van der Waals surface area (Å²) in [6.07, 6.45) is 3.21. The number of nitrogens with zero attached hydrogens (tertiary/aromatic N) is 4. The smallest absolute Gasteiger partial charge is 0.241 e. The minimum absolute atomic E-state index is 0.115. The number of nitrogens with one attached hydrogen (secondary N) is 1. The molecule has 2 saturated heterocycles. The summed E-state index contributed by atoms with van der Waals surface area (Å²) in [6, 6.07) is 0.348. The van der Waals surface area contributed by atoms with Gasteiger partial charge in [0, 0.05) is 64.2 Å². The second kappa shape index (κ2) is 8.08. The van der Waals surface area contributed by atoms with Crippen LogP contribution in [-0.4, -0.2) is 78.6 Å². The third kappa shape index (κ3) is 4.19. The fraction of sp³-hybridized carbons (Fsp3) is 0.647. The van der Waals surface area contributed by atoms with Gasteiger partial charge >= 0.3 is 0 Å². The van der Waals surface area contributed by atoms with Crippen molar-refractivity contribution in [1.29, 1.82) is 0 Å². The van der Waals surface area contributed by atoms with Crippen molar-refractivity contribution in [1.82, 2.24) is 20.1 Å². The summed E-state index contributed by atoms with van der Waals surface area (Å²) in [4.78, 5) is 23.3. The minimum Gasteiger partial charge on any atom is -0.365 e. The molecule has 3 heterocycles. The lowest BCUT2D eigenvalue weighted by Crippen LogP contribution is -2.61. The van der Waals surface area contributed by atoms with E-state index in [2.05, 4.69) is 33.9 Å². The Morgan fingerprint density at radius 2 is 1.80 bits per heavy atom. The molecule has 25 heavy (non-hydrogen) atoms. The Labute approximate surface area is 159 Å². The first-order valence-corrected chi connectivity index (χ1v) is 9.53.